The summed E-state index contributed by atoms with van der Waals surface area (Å²) in [5.74, 6) is -0.250. The maximum absolute atomic E-state index is 12.9. The van der Waals surface area contributed by atoms with Gasteiger partial charge in [0, 0.05) is 12.5 Å². The van der Waals surface area contributed by atoms with E-state index in [2.05, 4.69) is 15.5 Å². The Kier molecular flexibility index (Phi) is 5.90. The van der Waals surface area contributed by atoms with E-state index in [9.17, 15) is 9.59 Å². The third-order valence-electron chi connectivity index (χ3n) is 5.12. The van der Waals surface area contributed by atoms with Gasteiger partial charge in [0.2, 0.25) is 0 Å². The molecule has 0 fully saturated rings. The summed E-state index contributed by atoms with van der Waals surface area (Å²) in [6.45, 7) is 2.75. The average molecular weight is 417 g/mol. The zero-order chi connectivity index (χ0) is 21.8. The molecule has 2 aromatic heterocycles. The highest BCUT2D eigenvalue weighted by Crippen LogP contribution is 2.16. The first-order valence-corrected chi connectivity index (χ1v) is 9.96. The number of para-hydroxylation sites is 1. The standard InChI is InChI=1S/C23H23N5O3/c1-16-20(14-25-28(16)17-8-4-3-5-9-17)22(29)24-15-21-18-10-6-7-11-19(18)23(30)27(26-21)12-13-31-2/h3-11,14H,12-13,15H2,1-2H3,(H,24,29). The molecule has 2 aromatic carbocycles. The average Bonchev–Trinajstić information content (AvgIpc) is 3.19. The molecule has 0 saturated heterocycles. The van der Waals surface area contributed by atoms with Gasteiger partial charge in [0.1, 0.15) is 0 Å². The Morgan fingerprint density at radius 1 is 1.06 bits per heavy atom. The van der Waals surface area contributed by atoms with Crippen LogP contribution in [0.2, 0.25) is 0 Å². The number of fused-ring (bicyclic) bond motifs is 1. The second kappa shape index (κ2) is 8.93. The van der Waals surface area contributed by atoms with Gasteiger partial charge in [-0.3, -0.25) is 9.59 Å². The van der Waals surface area contributed by atoms with E-state index >= 15 is 0 Å². The van der Waals surface area contributed by atoms with E-state index in [1.165, 1.54) is 4.68 Å². The second-order valence-electron chi connectivity index (χ2n) is 7.09. The molecule has 1 amide bonds. The molecule has 4 rings (SSSR count). The number of nitrogens with zero attached hydrogens (tertiary/aromatic N) is 4. The van der Waals surface area contributed by atoms with Crippen molar-refractivity contribution in [3.05, 3.63) is 88.1 Å². The lowest BCUT2D eigenvalue weighted by Gasteiger charge is -2.12. The van der Waals surface area contributed by atoms with E-state index < -0.39 is 0 Å². The van der Waals surface area contributed by atoms with Gasteiger partial charge in [0.25, 0.3) is 11.5 Å². The summed E-state index contributed by atoms with van der Waals surface area (Å²) in [5, 5.41) is 13.0. The maximum Gasteiger partial charge on any atom is 0.274 e. The van der Waals surface area contributed by atoms with Crippen molar-refractivity contribution in [2.24, 2.45) is 0 Å². The Morgan fingerprint density at radius 2 is 1.77 bits per heavy atom. The Balaban J connectivity index is 1.60. The van der Waals surface area contributed by atoms with Crippen LogP contribution < -0.4 is 10.9 Å². The van der Waals surface area contributed by atoms with Crippen molar-refractivity contribution >= 4 is 16.7 Å². The predicted molar refractivity (Wildman–Crippen MR) is 117 cm³/mol. The summed E-state index contributed by atoms with van der Waals surface area (Å²) in [6, 6.07) is 16.9. The summed E-state index contributed by atoms with van der Waals surface area (Å²) in [4.78, 5) is 25.5. The number of aromatic nitrogens is 4. The van der Waals surface area contributed by atoms with Gasteiger partial charge in [-0.25, -0.2) is 9.36 Å². The fourth-order valence-corrected chi connectivity index (χ4v) is 3.49. The third-order valence-corrected chi connectivity index (χ3v) is 5.12. The monoisotopic (exact) mass is 417 g/mol. The SMILES string of the molecule is COCCn1nc(CNC(=O)c2cnn(-c3ccccc3)c2C)c2ccccc2c1=O. The highest BCUT2D eigenvalue weighted by atomic mass is 16.5. The van der Waals surface area contributed by atoms with Crippen LogP contribution in [0.1, 0.15) is 21.7 Å². The van der Waals surface area contributed by atoms with Crippen molar-refractivity contribution in [1.29, 1.82) is 0 Å². The molecular weight excluding hydrogens is 394 g/mol. The number of ether oxygens (including phenoxy) is 1. The second-order valence-corrected chi connectivity index (χ2v) is 7.09. The molecule has 31 heavy (non-hydrogen) atoms. The molecule has 2 heterocycles. The van der Waals surface area contributed by atoms with Crippen LogP contribution >= 0.6 is 0 Å². The number of rotatable bonds is 7. The quantitative estimate of drug-likeness (QED) is 0.499. The van der Waals surface area contributed by atoms with Gasteiger partial charge in [-0.15, -0.1) is 0 Å². The molecule has 0 spiro atoms. The highest BCUT2D eigenvalue weighted by Gasteiger charge is 2.16. The van der Waals surface area contributed by atoms with Gasteiger partial charge >= 0.3 is 0 Å². The summed E-state index contributed by atoms with van der Waals surface area (Å²) >= 11 is 0. The number of nitrogens with one attached hydrogen (secondary N) is 1. The minimum absolute atomic E-state index is 0.178. The van der Waals surface area contributed by atoms with Gasteiger partial charge in [-0.1, -0.05) is 36.4 Å². The molecule has 158 valence electrons. The lowest BCUT2D eigenvalue weighted by molar-refractivity contribution is 0.0949. The molecule has 4 aromatic rings. The van der Waals surface area contributed by atoms with Crippen LogP contribution in [0, 0.1) is 6.92 Å². The van der Waals surface area contributed by atoms with E-state index in [1.54, 1.807) is 24.1 Å². The smallest absolute Gasteiger partial charge is 0.274 e. The zero-order valence-corrected chi connectivity index (χ0v) is 17.4. The predicted octanol–water partition coefficient (Wildman–Crippen LogP) is 2.47. The topological polar surface area (TPSA) is 91.0 Å². The van der Waals surface area contributed by atoms with Gasteiger partial charge in [-0.05, 0) is 25.1 Å². The third kappa shape index (κ3) is 4.10. The first-order chi connectivity index (χ1) is 15.1. The largest absolute Gasteiger partial charge is 0.383 e. The van der Waals surface area contributed by atoms with E-state index in [1.807, 2.05) is 55.5 Å². The Bertz CT molecular complexity index is 1280. The molecule has 0 aliphatic carbocycles. The molecule has 0 aliphatic rings. The Hall–Kier alpha value is -3.78. The van der Waals surface area contributed by atoms with Gasteiger partial charge in [0.15, 0.2) is 0 Å². The summed E-state index contributed by atoms with van der Waals surface area (Å²) in [7, 11) is 1.57. The van der Waals surface area contributed by atoms with Crippen LogP contribution in [0.4, 0.5) is 0 Å². The first-order valence-electron chi connectivity index (χ1n) is 9.96. The lowest BCUT2D eigenvalue weighted by Crippen LogP contribution is -2.29. The lowest BCUT2D eigenvalue weighted by atomic mass is 10.1. The zero-order valence-electron chi connectivity index (χ0n) is 17.4. The Morgan fingerprint density at radius 3 is 2.52 bits per heavy atom. The van der Waals surface area contributed by atoms with Crippen LogP contribution in [0.3, 0.4) is 0 Å². The number of carbonyl (C=O) groups is 1. The van der Waals surface area contributed by atoms with Gasteiger partial charge < -0.3 is 10.1 Å². The van der Waals surface area contributed by atoms with Crippen LogP contribution in [0.15, 0.2) is 65.6 Å². The van der Waals surface area contributed by atoms with Gasteiger partial charge in [-0.2, -0.15) is 10.2 Å². The number of amides is 1. The molecule has 0 radical (unpaired) electrons. The van der Waals surface area contributed by atoms with Crippen molar-refractivity contribution < 1.29 is 9.53 Å². The molecule has 8 heteroatoms. The van der Waals surface area contributed by atoms with E-state index in [0.717, 1.165) is 16.8 Å². The summed E-state index contributed by atoms with van der Waals surface area (Å²) in [6.07, 6.45) is 1.56. The minimum Gasteiger partial charge on any atom is -0.383 e. The summed E-state index contributed by atoms with van der Waals surface area (Å²) < 4.78 is 8.19. The molecule has 0 aliphatic heterocycles. The normalized spacial score (nSPS) is 11.0. The van der Waals surface area contributed by atoms with Crippen molar-refractivity contribution in [3.8, 4) is 5.69 Å². The first kappa shape index (κ1) is 20.5. The van der Waals surface area contributed by atoms with Gasteiger partial charge in [0.05, 0.1) is 53.9 Å². The molecule has 0 atom stereocenters. The van der Waals surface area contributed by atoms with Crippen LogP contribution in [-0.2, 0) is 17.8 Å². The molecule has 8 nitrogen and oxygen atoms in total. The molecule has 0 unspecified atom stereocenters. The molecular formula is C23H23N5O3. The number of hydrogen-bond donors (Lipinski definition) is 1. The van der Waals surface area contributed by atoms with Crippen LogP contribution in [-0.4, -0.2) is 39.2 Å². The maximum atomic E-state index is 12.9. The number of methoxy groups -OCH3 is 1. The Labute approximate surface area is 179 Å². The fraction of sp³-hybridized carbons (Fsp3) is 0.217. The minimum atomic E-state index is -0.250. The molecule has 0 saturated carbocycles. The van der Waals surface area contributed by atoms with Crippen molar-refractivity contribution in [2.45, 2.75) is 20.0 Å². The van der Waals surface area contributed by atoms with Crippen LogP contribution in [0.5, 0.6) is 0 Å². The van der Waals surface area contributed by atoms with Crippen molar-refractivity contribution in [2.75, 3.05) is 13.7 Å². The fourth-order valence-electron chi connectivity index (χ4n) is 3.49. The van der Waals surface area contributed by atoms with E-state index in [4.69, 9.17) is 4.74 Å². The van der Waals surface area contributed by atoms with Crippen molar-refractivity contribution in [3.63, 3.8) is 0 Å². The van der Waals surface area contributed by atoms with Crippen LogP contribution in [0.25, 0.3) is 16.5 Å². The highest BCUT2D eigenvalue weighted by molar-refractivity contribution is 5.95. The van der Waals surface area contributed by atoms with E-state index in [-0.39, 0.29) is 18.0 Å². The number of carbonyl (C=O) groups excluding carboxylic acids is 1. The number of benzene rings is 2. The van der Waals surface area contributed by atoms with E-state index in [0.29, 0.717) is 29.8 Å². The number of hydrogen-bond acceptors (Lipinski definition) is 5. The van der Waals surface area contributed by atoms with Crippen molar-refractivity contribution in [1.82, 2.24) is 24.9 Å². The molecule has 1 N–H and O–H groups in total. The molecule has 0 bridgehead atoms. The summed E-state index contributed by atoms with van der Waals surface area (Å²) in [5.41, 5.74) is 2.56.